The van der Waals surface area contributed by atoms with E-state index in [1.807, 2.05) is 0 Å². The molecule has 0 aromatic heterocycles. The van der Waals surface area contributed by atoms with Crippen LogP contribution >= 0.6 is 7.82 Å². The molecule has 1 saturated heterocycles. The zero-order valence-corrected chi connectivity index (χ0v) is 12.5. The maximum Gasteiger partial charge on any atom is 0.472 e. The van der Waals surface area contributed by atoms with Crippen LogP contribution in [0.2, 0.25) is 0 Å². The lowest BCUT2D eigenvalue weighted by Gasteiger charge is -2.39. The highest BCUT2D eigenvalue weighted by Gasteiger charge is 2.44. The van der Waals surface area contributed by atoms with Gasteiger partial charge in [0.15, 0.2) is 6.29 Å². The number of azide groups is 1. The lowest BCUT2D eigenvalue weighted by atomic mass is 9.99. The van der Waals surface area contributed by atoms with Crippen molar-refractivity contribution >= 4 is 7.82 Å². The van der Waals surface area contributed by atoms with Crippen molar-refractivity contribution in [3.8, 4) is 0 Å². The average Bonchev–Trinajstić information content (AvgIpc) is 2.49. The van der Waals surface area contributed by atoms with Gasteiger partial charge in [0.2, 0.25) is 0 Å². The third-order valence-corrected chi connectivity index (χ3v) is 3.80. The molecule has 0 spiro atoms. The van der Waals surface area contributed by atoms with Crippen LogP contribution in [0.4, 0.5) is 0 Å². The molecular weight excluding hydrogens is 325 g/mol. The fourth-order valence-corrected chi connectivity index (χ4v) is 2.42. The van der Waals surface area contributed by atoms with Gasteiger partial charge in [0.1, 0.15) is 24.4 Å². The highest BCUT2D eigenvalue weighted by molar-refractivity contribution is 7.47. The van der Waals surface area contributed by atoms with E-state index in [1.165, 1.54) is 7.11 Å². The highest BCUT2D eigenvalue weighted by atomic mass is 31.2. The van der Waals surface area contributed by atoms with E-state index < -0.39 is 45.1 Å². The van der Waals surface area contributed by atoms with Gasteiger partial charge < -0.3 is 29.7 Å². The third-order valence-electron chi connectivity index (χ3n) is 2.81. The minimum atomic E-state index is -4.45. The van der Waals surface area contributed by atoms with E-state index in [1.54, 1.807) is 0 Å². The number of phosphoric ester groups is 1. The number of hydrogen-bond donors (Lipinski definition) is 4. The Morgan fingerprint density at radius 2 is 1.95 bits per heavy atom. The van der Waals surface area contributed by atoms with E-state index in [0.29, 0.717) is 0 Å². The van der Waals surface area contributed by atoms with Gasteiger partial charge in [0.25, 0.3) is 0 Å². The molecule has 6 atom stereocenters. The van der Waals surface area contributed by atoms with E-state index >= 15 is 0 Å². The van der Waals surface area contributed by atoms with Crippen molar-refractivity contribution in [1.29, 1.82) is 0 Å². The van der Waals surface area contributed by atoms with Gasteiger partial charge >= 0.3 is 7.82 Å². The number of aliphatic hydroxyl groups is 3. The van der Waals surface area contributed by atoms with Gasteiger partial charge in [-0.2, -0.15) is 0 Å². The van der Waals surface area contributed by atoms with Crippen LogP contribution in [0.1, 0.15) is 0 Å². The molecule has 0 aliphatic carbocycles. The molecule has 0 radical (unpaired) electrons. The first-order chi connectivity index (χ1) is 10.3. The second-order valence-corrected chi connectivity index (χ2v) is 5.76. The van der Waals surface area contributed by atoms with Gasteiger partial charge in [-0.3, -0.25) is 9.05 Å². The predicted octanol–water partition coefficient (Wildman–Crippen LogP) is -1.12. The van der Waals surface area contributed by atoms with Crippen LogP contribution in [0.5, 0.6) is 0 Å². The summed E-state index contributed by atoms with van der Waals surface area (Å²) in [6.45, 7) is -1.10. The molecule has 1 aliphatic heterocycles. The zero-order chi connectivity index (χ0) is 16.8. The summed E-state index contributed by atoms with van der Waals surface area (Å²) in [7, 11) is -3.23. The standard InChI is InChI=1S/C9H18N3O9P/c1-18-9-8(15)7(14)6(13)5(21-9)4-20-22(16,17)19-3-2-11-12-10/h5-9,13-15H,2-4H2,1H3,(H,16,17)/t5-,6-,7+,8+,9+/m1/s1. The van der Waals surface area contributed by atoms with Crippen LogP contribution in [-0.4, -0.2) is 77.8 Å². The van der Waals surface area contributed by atoms with Crippen LogP contribution in [0.3, 0.4) is 0 Å². The fourth-order valence-electron chi connectivity index (χ4n) is 1.70. The first-order valence-electron chi connectivity index (χ1n) is 6.17. The van der Waals surface area contributed by atoms with Crippen LogP contribution in [0.25, 0.3) is 10.4 Å². The molecule has 128 valence electrons. The number of aliphatic hydroxyl groups excluding tert-OH is 3. The smallest absolute Gasteiger partial charge is 0.387 e. The van der Waals surface area contributed by atoms with Crippen molar-refractivity contribution in [2.24, 2.45) is 5.11 Å². The summed E-state index contributed by atoms with van der Waals surface area (Å²) in [6.07, 6.45) is -7.04. The van der Waals surface area contributed by atoms with Gasteiger partial charge in [0.05, 0.1) is 13.2 Å². The Hall–Kier alpha value is -0.780. The van der Waals surface area contributed by atoms with Crippen LogP contribution in [0, 0.1) is 0 Å². The molecule has 1 unspecified atom stereocenters. The molecule has 1 aliphatic rings. The van der Waals surface area contributed by atoms with Crippen molar-refractivity contribution in [2.45, 2.75) is 30.7 Å². The number of methoxy groups -OCH3 is 1. The number of ether oxygens (including phenoxy) is 2. The summed E-state index contributed by atoms with van der Waals surface area (Å²) in [4.78, 5) is 11.8. The quantitative estimate of drug-likeness (QED) is 0.139. The molecule has 0 aromatic carbocycles. The molecule has 12 nitrogen and oxygen atoms in total. The molecule has 4 N–H and O–H groups in total. The van der Waals surface area contributed by atoms with Crippen molar-refractivity contribution < 1.29 is 43.3 Å². The van der Waals surface area contributed by atoms with E-state index in [2.05, 4.69) is 19.1 Å². The van der Waals surface area contributed by atoms with Gasteiger partial charge in [-0.1, -0.05) is 5.11 Å². The molecule has 0 bridgehead atoms. The summed E-state index contributed by atoms with van der Waals surface area (Å²) < 4.78 is 30.5. The lowest BCUT2D eigenvalue weighted by Crippen LogP contribution is -2.59. The largest absolute Gasteiger partial charge is 0.472 e. The van der Waals surface area contributed by atoms with Crippen LogP contribution < -0.4 is 0 Å². The normalized spacial score (nSPS) is 34.7. The molecule has 13 heteroatoms. The van der Waals surface area contributed by atoms with E-state index in [0.717, 1.165) is 0 Å². The van der Waals surface area contributed by atoms with Crippen molar-refractivity contribution in [3.05, 3.63) is 10.4 Å². The molecule has 0 amide bonds. The number of rotatable bonds is 8. The second kappa shape index (κ2) is 8.75. The van der Waals surface area contributed by atoms with E-state index in [-0.39, 0.29) is 13.2 Å². The van der Waals surface area contributed by atoms with Crippen molar-refractivity contribution in [2.75, 3.05) is 26.9 Å². The molecule has 1 rings (SSSR count). The third kappa shape index (κ3) is 5.45. The fraction of sp³-hybridized carbons (Fsp3) is 1.00. The Bertz CT molecular complexity index is 444. The molecule has 0 aromatic rings. The highest BCUT2D eigenvalue weighted by Crippen LogP contribution is 2.43. The predicted molar refractivity (Wildman–Crippen MR) is 69.4 cm³/mol. The summed E-state index contributed by atoms with van der Waals surface area (Å²) in [5, 5.41) is 32.0. The van der Waals surface area contributed by atoms with Gasteiger partial charge in [-0.25, -0.2) is 4.57 Å². The molecular formula is C9H18N3O9P. The van der Waals surface area contributed by atoms with Gasteiger partial charge in [-0.15, -0.1) is 0 Å². The van der Waals surface area contributed by atoms with Crippen molar-refractivity contribution in [3.63, 3.8) is 0 Å². The summed E-state index contributed by atoms with van der Waals surface area (Å²) >= 11 is 0. The first-order valence-corrected chi connectivity index (χ1v) is 7.67. The van der Waals surface area contributed by atoms with Gasteiger partial charge in [0, 0.05) is 18.6 Å². The Morgan fingerprint density at radius 3 is 2.55 bits per heavy atom. The number of hydrogen-bond acceptors (Lipinski definition) is 9. The SMILES string of the molecule is CO[C@H]1O[C@H](COP(=O)(O)OCCN=[N+]=[N-])[C@@H](O)[C@H](O)[C@@H]1O. The Balaban J connectivity index is 2.51. The maximum absolute atomic E-state index is 11.5. The zero-order valence-electron chi connectivity index (χ0n) is 11.6. The molecule has 22 heavy (non-hydrogen) atoms. The first kappa shape index (κ1) is 19.3. The minimum absolute atomic E-state index is 0.163. The molecule has 1 fully saturated rings. The average molecular weight is 343 g/mol. The number of nitrogens with zero attached hydrogens (tertiary/aromatic N) is 3. The molecule has 1 heterocycles. The Kier molecular flexibility index (Phi) is 7.66. The van der Waals surface area contributed by atoms with Crippen LogP contribution in [-0.2, 0) is 23.1 Å². The summed E-state index contributed by atoms with van der Waals surface area (Å²) in [5.74, 6) is 0. The van der Waals surface area contributed by atoms with Gasteiger partial charge in [-0.05, 0) is 5.53 Å². The van der Waals surface area contributed by atoms with Crippen molar-refractivity contribution in [1.82, 2.24) is 0 Å². The summed E-state index contributed by atoms with van der Waals surface area (Å²) in [5.41, 5.74) is 8.03. The second-order valence-electron chi connectivity index (χ2n) is 4.30. The monoisotopic (exact) mass is 343 g/mol. The number of phosphoric acid groups is 1. The molecule has 0 saturated carbocycles. The van der Waals surface area contributed by atoms with E-state index in [4.69, 9.17) is 15.0 Å². The summed E-state index contributed by atoms with van der Waals surface area (Å²) in [6, 6.07) is 0. The minimum Gasteiger partial charge on any atom is -0.387 e. The Labute approximate surface area is 125 Å². The topological polar surface area (TPSA) is 184 Å². The Morgan fingerprint density at radius 1 is 1.27 bits per heavy atom. The van der Waals surface area contributed by atoms with E-state index in [9.17, 15) is 24.8 Å². The maximum atomic E-state index is 11.5. The lowest BCUT2D eigenvalue weighted by molar-refractivity contribution is -0.293. The van der Waals surface area contributed by atoms with Crippen LogP contribution in [0.15, 0.2) is 5.11 Å².